The zero-order valence-corrected chi connectivity index (χ0v) is 8.70. The van der Waals surface area contributed by atoms with Crippen molar-refractivity contribution in [3.8, 4) is 11.3 Å². The van der Waals surface area contributed by atoms with Gasteiger partial charge < -0.3 is 0 Å². The van der Waals surface area contributed by atoms with E-state index in [1.165, 1.54) is 12.1 Å². The monoisotopic (exact) mass is 252 g/mol. The van der Waals surface area contributed by atoms with Gasteiger partial charge in [0.2, 0.25) is 0 Å². The Morgan fingerprint density at radius 3 is 2.43 bits per heavy atom. The second-order valence-corrected chi connectivity index (χ2v) is 3.43. The van der Waals surface area contributed by atoms with E-state index < -0.39 is 0 Å². The number of aromatic nitrogens is 2. The third kappa shape index (κ3) is 1.96. The number of benzene rings is 1. The molecule has 1 aromatic heterocycles. The highest BCUT2D eigenvalue weighted by molar-refractivity contribution is 9.10. The quantitative estimate of drug-likeness (QED) is 0.730. The van der Waals surface area contributed by atoms with Crippen molar-refractivity contribution in [2.24, 2.45) is 0 Å². The molecule has 70 valence electrons. The molecule has 0 unspecified atom stereocenters. The van der Waals surface area contributed by atoms with Crippen molar-refractivity contribution in [2.45, 2.75) is 0 Å². The van der Waals surface area contributed by atoms with Gasteiger partial charge in [-0.25, -0.2) is 14.4 Å². The first-order valence-corrected chi connectivity index (χ1v) is 4.79. The highest BCUT2D eigenvalue weighted by Crippen LogP contribution is 2.17. The molecule has 0 aliphatic carbocycles. The summed E-state index contributed by atoms with van der Waals surface area (Å²) in [6.45, 7) is 0. The second kappa shape index (κ2) is 3.84. The Kier molecular flexibility index (Phi) is 2.54. The molecule has 1 heterocycles. The van der Waals surface area contributed by atoms with Crippen molar-refractivity contribution in [3.05, 3.63) is 47.1 Å². The number of hydrogen-bond donors (Lipinski definition) is 0. The number of rotatable bonds is 1. The number of hydrogen-bond acceptors (Lipinski definition) is 2. The average molecular weight is 253 g/mol. The van der Waals surface area contributed by atoms with E-state index in [0.717, 1.165) is 11.3 Å². The molecule has 0 saturated heterocycles. The van der Waals surface area contributed by atoms with Crippen LogP contribution in [0.5, 0.6) is 0 Å². The molecule has 0 amide bonds. The molecule has 2 nitrogen and oxygen atoms in total. The van der Waals surface area contributed by atoms with Crippen LogP contribution in [0.25, 0.3) is 11.3 Å². The molecule has 0 spiro atoms. The highest BCUT2D eigenvalue weighted by Gasteiger charge is 2.00. The van der Waals surface area contributed by atoms with Gasteiger partial charge in [-0.3, -0.25) is 0 Å². The Hall–Kier alpha value is -1.29. The maximum atomic E-state index is 12.6. The summed E-state index contributed by atoms with van der Waals surface area (Å²) >= 11 is 3.18. The van der Waals surface area contributed by atoms with Crippen molar-refractivity contribution < 1.29 is 4.39 Å². The van der Waals surface area contributed by atoms with Crippen LogP contribution in [0.15, 0.2) is 41.3 Å². The first-order valence-electron chi connectivity index (χ1n) is 4.00. The van der Waals surface area contributed by atoms with Crippen molar-refractivity contribution in [1.29, 1.82) is 0 Å². The lowest BCUT2D eigenvalue weighted by Crippen LogP contribution is -1.86. The number of halogens is 2. The van der Waals surface area contributed by atoms with E-state index in [9.17, 15) is 4.39 Å². The van der Waals surface area contributed by atoms with Crippen molar-refractivity contribution in [3.63, 3.8) is 0 Å². The second-order valence-electron chi connectivity index (χ2n) is 2.72. The summed E-state index contributed by atoms with van der Waals surface area (Å²) in [7, 11) is 0. The molecule has 14 heavy (non-hydrogen) atoms. The molecule has 2 aromatic rings. The smallest absolute Gasteiger partial charge is 0.197 e. The van der Waals surface area contributed by atoms with Crippen LogP contribution >= 0.6 is 15.9 Å². The molecule has 0 bridgehead atoms. The first-order chi connectivity index (χ1) is 6.75. The van der Waals surface area contributed by atoms with Crippen molar-refractivity contribution in [1.82, 2.24) is 9.97 Å². The fourth-order valence-electron chi connectivity index (χ4n) is 1.12. The molecule has 0 saturated carbocycles. The van der Waals surface area contributed by atoms with Crippen LogP contribution < -0.4 is 0 Å². The molecule has 4 heteroatoms. The van der Waals surface area contributed by atoms with Gasteiger partial charge in [0.05, 0.1) is 5.69 Å². The standard InChI is InChI=1S/C10H6BrFN2/c11-10-13-6-5-9(14-10)7-1-3-8(12)4-2-7/h1-6H. The van der Waals surface area contributed by atoms with E-state index in [1.54, 1.807) is 24.4 Å². The fourth-order valence-corrected chi connectivity index (χ4v) is 1.43. The zero-order chi connectivity index (χ0) is 9.97. The van der Waals surface area contributed by atoms with Crippen LogP contribution in [-0.2, 0) is 0 Å². The molecule has 0 aliphatic heterocycles. The third-order valence-corrected chi connectivity index (χ3v) is 2.15. The van der Waals surface area contributed by atoms with Gasteiger partial charge in [-0.2, -0.15) is 0 Å². The van der Waals surface area contributed by atoms with E-state index in [2.05, 4.69) is 25.9 Å². The number of nitrogens with zero attached hydrogens (tertiary/aromatic N) is 2. The molecular formula is C10H6BrFN2. The predicted molar refractivity (Wildman–Crippen MR) is 55.1 cm³/mol. The topological polar surface area (TPSA) is 25.8 Å². The van der Waals surface area contributed by atoms with Gasteiger partial charge in [-0.1, -0.05) is 0 Å². The Morgan fingerprint density at radius 1 is 1.07 bits per heavy atom. The molecule has 0 atom stereocenters. The highest BCUT2D eigenvalue weighted by atomic mass is 79.9. The van der Waals surface area contributed by atoms with E-state index in [1.807, 2.05) is 0 Å². The Bertz CT molecular complexity index is 442. The van der Waals surface area contributed by atoms with Gasteiger partial charge in [0, 0.05) is 11.8 Å². The minimum Gasteiger partial charge on any atom is -0.231 e. The SMILES string of the molecule is Fc1ccc(-c2ccnc(Br)n2)cc1. The maximum Gasteiger partial charge on any atom is 0.197 e. The van der Waals surface area contributed by atoms with Gasteiger partial charge in [-0.15, -0.1) is 0 Å². The zero-order valence-electron chi connectivity index (χ0n) is 7.11. The van der Waals surface area contributed by atoms with Crippen LogP contribution in [0.3, 0.4) is 0 Å². The first kappa shape index (κ1) is 9.27. The van der Waals surface area contributed by atoms with Crippen LogP contribution in [0.2, 0.25) is 0 Å². The van der Waals surface area contributed by atoms with Crippen molar-refractivity contribution >= 4 is 15.9 Å². The van der Waals surface area contributed by atoms with Crippen LogP contribution in [0.4, 0.5) is 4.39 Å². The summed E-state index contributed by atoms with van der Waals surface area (Å²) in [6.07, 6.45) is 1.65. The van der Waals surface area contributed by atoms with E-state index in [-0.39, 0.29) is 5.82 Å². The maximum absolute atomic E-state index is 12.6. The summed E-state index contributed by atoms with van der Waals surface area (Å²) in [6, 6.07) is 7.96. The Balaban J connectivity index is 2.44. The molecule has 0 fully saturated rings. The molecule has 2 rings (SSSR count). The molecule has 0 N–H and O–H groups in total. The average Bonchev–Trinajstić information content (AvgIpc) is 2.19. The molecule has 0 aliphatic rings. The molecule has 0 radical (unpaired) electrons. The van der Waals surface area contributed by atoms with E-state index >= 15 is 0 Å². The lowest BCUT2D eigenvalue weighted by molar-refractivity contribution is 0.628. The fraction of sp³-hybridized carbons (Fsp3) is 0. The summed E-state index contributed by atoms with van der Waals surface area (Å²) in [4.78, 5) is 8.07. The minimum absolute atomic E-state index is 0.248. The predicted octanol–water partition coefficient (Wildman–Crippen LogP) is 3.05. The summed E-state index contributed by atoms with van der Waals surface area (Å²) in [5.74, 6) is -0.248. The normalized spacial score (nSPS) is 10.1. The van der Waals surface area contributed by atoms with Crippen LogP contribution in [0.1, 0.15) is 0 Å². The summed E-state index contributed by atoms with van der Waals surface area (Å²) in [5.41, 5.74) is 1.64. The van der Waals surface area contributed by atoms with Gasteiger partial charge in [0.1, 0.15) is 5.82 Å². The van der Waals surface area contributed by atoms with Crippen LogP contribution in [-0.4, -0.2) is 9.97 Å². The summed E-state index contributed by atoms with van der Waals surface area (Å²) in [5, 5.41) is 0. The van der Waals surface area contributed by atoms with Crippen molar-refractivity contribution in [2.75, 3.05) is 0 Å². The Morgan fingerprint density at radius 2 is 1.79 bits per heavy atom. The molecular weight excluding hydrogens is 247 g/mol. The van der Waals surface area contributed by atoms with Gasteiger partial charge >= 0.3 is 0 Å². The van der Waals surface area contributed by atoms with Crippen LogP contribution in [0, 0.1) is 5.82 Å². The van der Waals surface area contributed by atoms with E-state index in [4.69, 9.17) is 0 Å². The summed E-state index contributed by atoms with van der Waals surface area (Å²) < 4.78 is 13.2. The lowest BCUT2D eigenvalue weighted by Gasteiger charge is -1.99. The lowest BCUT2D eigenvalue weighted by atomic mass is 10.1. The van der Waals surface area contributed by atoms with Gasteiger partial charge in [-0.05, 0) is 46.3 Å². The minimum atomic E-state index is -0.248. The van der Waals surface area contributed by atoms with E-state index in [0.29, 0.717) is 4.73 Å². The molecule has 1 aromatic carbocycles. The third-order valence-electron chi connectivity index (χ3n) is 1.77. The van der Waals surface area contributed by atoms with Gasteiger partial charge in [0.25, 0.3) is 0 Å². The van der Waals surface area contributed by atoms with Gasteiger partial charge in [0.15, 0.2) is 4.73 Å². The largest absolute Gasteiger partial charge is 0.231 e. The Labute approximate surface area is 89.0 Å².